The Balaban J connectivity index is 1.27. The highest BCUT2D eigenvalue weighted by Crippen LogP contribution is 2.36. The summed E-state index contributed by atoms with van der Waals surface area (Å²) in [6, 6.07) is 8.97. The van der Waals surface area contributed by atoms with Crippen molar-refractivity contribution in [3.8, 4) is 34.5 Å². The standard InChI is InChI=1S/C16H10N4O5S/c1-2-11(21-5-1)14-17-13(25-20-14)7-26-16-19-18-15(24-16)9-3-4-10-12(6-9)23-8-22-10/h1-6H,7-8H2. The van der Waals surface area contributed by atoms with Gasteiger partial charge in [0.15, 0.2) is 17.3 Å². The predicted molar refractivity (Wildman–Crippen MR) is 87.4 cm³/mol. The van der Waals surface area contributed by atoms with E-state index in [0.29, 0.717) is 45.8 Å². The van der Waals surface area contributed by atoms with E-state index in [1.165, 1.54) is 11.8 Å². The van der Waals surface area contributed by atoms with Crippen molar-refractivity contribution in [3.63, 3.8) is 0 Å². The van der Waals surface area contributed by atoms with Gasteiger partial charge in [0.1, 0.15) is 0 Å². The van der Waals surface area contributed by atoms with Crippen LogP contribution in [0.3, 0.4) is 0 Å². The molecule has 0 radical (unpaired) electrons. The van der Waals surface area contributed by atoms with Gasteiger partial charge in [-0.25, -0.2) is 0 Å². The Morgan fingerprint density at radius 3 is 2.96 bits per heavy atom. The van der Waals surface area contributed by atoms with Gasteiger partial charge in [-0.2, -0.15) is 4.98 Å². The normalized spacial score (nSPS) is 12.6. The van der Waals surface area contributed by atoms with E-state index >= 15 is 0 Å². The van der Waals surface area contributed by atoms with Gasteiger partial charge < -0.3 is 22.8 Å². The quantitative estimate of drug-likeness (QED) is 0.485. The fraction of sp³-hybridized carbons (Fsp3) is 0.125. The average molecular weight is 370 g/mol. The Labute approximate surface area is 150 Å². The molecule has 3 aromatic heterocycles. The van der Waals surface area contributed by atoms with E-state index in [9.17, 15) is 0 Å². The molecule has 130 valence electrons. The lowest BCUT2D eigenvalue weighted by atomic mass is 10.2. The summed E-state index contributed by atoms with van der Waals surface area (Å²) in [5.41, 5.74) is 0.756. The van der Waals surface area contributed by atoms with Gasteiger partial charge in [-0.1, -0.05) is 16.9 Å². The maximum absolute atomic E-state index is 5.67. The van der Waals surface area contributed by atoms with E-state index in [-0.39, 0.29) is 6.79 Å². The molecule has 1 aliphatic rings. The number of thioether (sulfide) groups is 1. The zero-order valence-corrected chi connectivity index (χ0v) is 13.9. The SMILES string of the molecule is c1coc(-c2noc(CSc3nnc(-c4ccc5c(c4)OCO5)o3)n2)c1. The van der Waals surface area contributed by atoms with Gasteiger partial charge in [0.2, 0.25) is 24.4 Å². The van der Waals surface area contributed by atoms with E-state index in [1.807, 2.05) is 12.1 Å². The molecule has 0 bridgehead atoms. The molecule has 1 aliphatic heterocycles. The van der Waals surface area contributed by atoms with E-state index in [0.717, 1.165) is 5.56 Å². The van der Waals surface area contributed by atoms with Crippen molar-refractivity contribution in [1.82, 2.24) is 20.3 Å². The Morgan fingerprint density at radius 2 is 2.04 bits per heavy atom. The van der Waals surface area contributed by atoms with Gasteiger partial charge in [-0.3, -0.25) is 0 Å². The van der Waals surface area contributed by atoms with Crippen LogP contribution in [0.15, 0.2) is 55.2 Å². The molecule has 0 N–H and O–H groups in total. The molecule has 4 heterocycles. The van der Waals surface area contributed by atoms with Crippen molar-refractivity contribution in [3.05, 3.63) is 42.5 Å². The minimum Gasteiger partial charge on any atom is -0.461 e. The topological polar surface area (TPSA) is 109 Å². The Hall–Kier alpha value is -3.27. The first-order chi connectivity index (χ1) is 12.8. The van der Waals surface area contributed by atoms with Crippen molar-refractivity contribution in [2.24, 2.45) is 0 Å². The van der Waals surface area contributed by atoms with Crippen LogP contribution < -0.4 is 9.47 Å². The number of nitrogens with zero attached hydrogens (tertiary/aromatic N) is 4. The number of furan rings is 1. The second-order valence-electron chi connectivity index (χ2n) is 5.22. The fourth-order valence-electron chi connectivity index (χ4n) is 2.36. The third kappa shape index (κ3) is 2.80. The minimum atomic E-state index is 0.216. The summed E-state index contributed by atoms with van der Waals surface area (Å²) in [5, 5.41) is 12.3. The number of hydrogen-bond acceptors (Lipinski definition) is 10. The number of hydrogen-bond donors (Lipinski definition) is 0. The molecule has 0 spiro atoms. The molecule has 1 aromatic carbocycles. The van der Waals surface area contributed by atoms with Gasteiger partial charge in [-0.15, -0.1) is 10.2 Å². The summed E-state index contributed by atoms with van der Waals surface area (Å²) in [5.74, 6) is 3.54. The number of fused-ring (bicyclic) bond motifs is 1. The average Bonchev–Trinajstić information content (AvgIpc) is 3.47. The lowest BCUT2D eigenvalue weighted by Gasteiger charge is -1.97. The molecule has 5 rings (SSSR count). The van der Waals surface area contributed by atoms with Gasteiger partial charge in [0.05, 0.1) is 12.0 Å². The number of rotatable bonds is 5. The third-order valence-corrected chi connectivity index (χ3v) is 4.36. The third-order valence-electron chi connectivity index (χ3n) is 3.55. The van der Waals surface area contributed by atoms with Gasteiger partial charge in [0, 0.05) is 5.56 Å². The van der Waals surface area contributed by atoms with E-state index in [2.05, 4.69) is 20.3 Å². The minimum absolute atomic E-state index is 0.216. The van der Waals surface area contributed by atoms with Crippen molar-refractivity contribution in [1.29, 1.82) is 0 Å². The van der Waals surface area contributed by atoms with Gasteiger partial charge >= 0.3 is 0 Å². The van der Waals surface area contributed by atoms with E-state index < -0.39 is 0 Å². The molecular weight excluding hydrogens is 360 g/mol. The highest BCUT2D eigenvalue weighted by Gasteiger charge is 2.17. The van der Waals surface area contributed by atoms with E-state index in [1.54, 1.807) is 24.5 Å². The van der Waals surface area contributed by atoms with Crippen LogP contribution in [0.1, 0.15) is 5.89 Å². The van der Waals surface area contributed by atoms with Crippen LogP contribution in [0.2, 0.25) is 0 Å². The van der Waals surface area contributed by atoms with Gasteiger partial charge in [-0.05, 0) is 30.3 Å². The maximum Gasteiger partial charge on any atom is 0.277 e. The van der Waals surface area contributed by atoms with E-state index in [4.69, 9.17) is 22.8 Å². The van der Waals surface area contributed by atoms with Crippen LogP contribution in [0.4, 0.5) is 0 Å². The summed E-state index contributed by atoms with van der Waals surface area (Å²) in [7, 11) is 0. The van der Waals surface area contributed by atoms with Crippen molar-refractivity contribution in [2.45, 2.75) is 11.0 Å². The van der Waals surface area contributed by atoms with Crippen LogP contribution >= 0.6 is 11.8 Å². The molecule has 0 fully saturated rings. The van der Waals surface area contributed by atoms with Crippen LogP contribution in [0.25, 0.3) is 23.0 Å². The zero-order chi connectivity index (χ0) is 17.3. The summed E-state index contributed by atoms with van der Waals surface area (Å²) in [6.45, 7) is 0.216. The molecule has 0 aliphatic carbocycles. The lowest BCUT2D eigenvalue weighted by molar-refractivity contribution is 0.174. The summed E-state index contributed by atoms with van der Waals surface area (Å²) in [4.78, 5) is 4.26. The maximum atomic E-state index is 5.67. The second-order valence-corrected chi connectivity index (χ2v) is 6.15. The predicted octanol–water partition coefficient (Wildman–Crippen LogP) is 3.40. The van der Waals surface area contributed by atoms with Crippen LogP contribution in [-0.2, 0) is 5.75 Å². The summed E-state index contributed by atoms with van der Waals surface area (Å²) in [6.07, 6.45) is 1.55. The van der Waals surface area contributed by atoms with Crippen LogP contribution in [0.5, 0.6) is 11.5 Å². The van der Waals surface area contributed by atoms with Crippen molar-refractivity contribution < 1.29 is 22.8 Å². The zero-order valence-electron chi connectivity index (χ0n) is 13.1. The highest BCUT2D eigenvalue weighted by molar-refractivity contribution is 7.98. The summed E-state index contributed by atoms with van der Waals surface area (Å²) < 4.78 is 26.7. The molecule has 10 heteroatoms. The summed E-state index contributed by atoms with van der Waals surface area (Å²) >= 11 is 1.30. The first-order valence-corrected chi connectivity index (χ1v) is 8.56. The molecule has 4 aromatic rings. The fourth-order valence-corrected chi connectivity index (χ4v) is 2.96. The molecule has 0 amide bonds. The Kier molecular flexibility index (Phi) is 3.60. The molecule has 26 heavy (non-hydrogen) atoms. The Bertz CT molecular complexity index is 1040. The highest BCUT2D eigenvalue weighted by atomic mass is 32.2. The first kappa shape index (κ1) is 15.0. The van der Waals surface area contributed by atoms with Crippen LogP contribution in [0, 0.1) is 0 Å². The molecule has 9 nitrogen and oxygen atoms in total. The monoisotopic (exact) mass is 370 g/mol. The number of benzene rings is 1. The second kappa shape index (κ2) is 6.23. The van der Waals surface area contributed by atoms with Crippen LogP contribution in [-0.4, -0.2) is 27.1 Å². The lowest BCUT2D eigenvalue weighted by Crippen LogP contribution is -1.92. The molecule has 0 saturated carbocycles. The van der Waals surface area contributed by atoms with Gasteiger partial charge in [0.25, 0.3) is 5.22 Å². The first-order valence-electron chi connectivity index (χ1n) is 7.58. The molecular formula is C16H10N4O5S. The Morgan fingerprint density at radius 1 is 1.08 bits per heavy atom. The number of aromatic nitrogens is 4. The van der Waals surface area contributed by atoms with Crippen molar-refractivity contribution in [2.75, 3.05) is 6.79 Å². The number of ether oxygens (including phenoxy) is 2. The smallest absolute Gasteiger partial charge is 0.277 e. The van der Waals surface area contributed by atoms with Crippen molar-refractivity contribution >= 4 is 11.8 Å². The molecule has 0 saturated heterocycles. The molecule has 0 unspecified atom stereocenters. The molecule has 0 atom stereocenters. The largest absolute Gasteiger partial charge is 0.461 e.